The van der Waals surface area contributed by atoms with E-state index in [0.29, 0.717) is 21.1 Å². The quantitative estimate of drug-likeness (QED) is 0.514. The normalized spacial score (nSPS) is 11.8. The molecule has 1 aromatic carbocycles. The minimum absolute atomic E-state index is 0.339. The second kappa shape index (κ2) is 6.92. The van der Waals surface area contributed by atoms with Gasteiger partial charge in [-0.15, -0.1) is 11.3 Å². The second-order valence-corrected chi connectivity index (χ2v) is 8.13. The molecular formula is C21H19FN4OS. The Bertz CT molecular complexity index is 1140. The van der Waals surface area contributed by atoms with Crippen molar-refractivity contribution in [3.63, 3.8) is 0 Å². The van der Waals surface area contributed by atoms with Crippen LogP contribution in [0.3, 0.4) is 0 Å². The van der Waals surface area contributed by atoms with E-state index in [0.717, 1.165) is 22.5 Å². The molecule has 7 heteroatoms. The lowest BCUT2D eigenvalue weighted by Crippen LogP contribution is -2.14. The number of pyridine rings is 1. The Balaban J connectivity index is 1.79. The van der Waals surface area contributed by atoms with Crippen LogP contribution in [0.15, 0.2) is 48.8 Å². The first-order valence-electron chi connectivity index (χ1n) is 8.80. The van der Waals surface area contributed by atoms with Crippen LogP contribution in [0.2, 0.25) is 0 Å². The lowest BCUT2D eigenvalue weighted by Gasteiger charge is -2.12. The Hall–Kier alpha value is -2.90. The lowest BCUT2D eigenvalue weighted by atomic mass is 10.0. The summed E-state index contributed by atoms with van der Waals surface area (Å²) in [6, 6.07) is 10.7. The highest BCUT2D eigenvalue weighted by molar-refractivity contribution is 7.15. The molecule has 0 atom stereocenters. The summed E-state index contributed by atoms with van der Waals surface area (Å²) in [5, 5.41) is 17.9. The number of nitrogens with one attached hydrogen (secondary N) is 1. The third kappa shape index (κ3) is 3.46. The average molecular weight is 394 g/mol. The van der Waals surface area contributed by atoms with Crippen molar-refractivity contribution in [2.24, 2.45) is 0 Å². The first-order valence-corrected chi connectivity index (χ1v) is 9.61. The minimum atomic E-state index is -1.06. The molecule has 0 amide bonds. The molecule has 0 fully saturated rings. The molecule has 0 aliphatic rings. The van der Waals surface area contributed by atoms with E-state index in [1.54, 1.807) is 38.4 Å². The van der Waals surface area contributed by atoms with Crippen molar-refractivity contribution in [2.45, 2.75) is 26.4 Å². The molecule has 2 N–H and O–H groups in total. The summed E-state index contributed by atoms with van der Waals surface area (Å²) in [6.45, 7) is 5.25. The van der Waals surface area contributed by atoms with Crippen molar-refractivity contribution in [1.29, 1.82) is 0 Å². The van der Waals surface area contributed by atoms with Gasteiger partial charge >= 0.3 is 0 Å². The Kier molecular flexibility index (Phi) is 4.56. The number of rotatable bonds is 4. The SMILES string of the molecule is Cc1cccc(-c2n[nH]cc2-c2ccc(F)c(-c3cnc(C(C)(C)O)s3)c2)n1. The highest BCUT2D eigenvalue weighted by atomic mass is 32.1. The van der Waals surface area contributed by atoms with Gasteiger partial charge in [-0.3, -0.25) is 10.1 Å². The summed E-state index contributed by atoms with van der Waals surface area (Å²) < 4.78 is 14.6. The number of nitrogens with zero attached hydrogens (tertiary/aromatic N) is 3. The Morgan fingerprint density at radius 2 is 1.96 bits per heavy atom. The molecule has 3 heterocycles. The van der Waals surface area contributed by atoms with Gasteiger partial charge < -0.3 is 5.11 Å². The zero-order valence-corrected chi connectivity index (χ0v) is 16.5. The molecule has 142 valence electrons. The molecule has 0 aliphatic carbocycles. The number of benzene rings is 1. The van der Waals surface area contributed by atoms with Gasteiger partial charge in [0, 0.05) is 29.2 Å². The number of aromatic amines is 1. The standard InChI is InChI=1S/C21H19FN4OS/c1-12-5-4-6-17(25-12)19-15(10-24-26-19)13-7-8-16(22)14(9-13)18-11-23-20(28-18)21(2,3)27/h4-11,27H,1-3H3,(H,24,26). The van der Waals surface area contributed by atoms with Gasteiger partial charge in [-0.2, -0.15) is 5.10 Å². The number of aryl methyl sites for hydroxylation is 1. The second-order valence-electron chi connectivity index (χ2n) is 7.10. The average Bonchev–Trinajstić information content (AvgIpc) is 3.31. The van der Waals surface area contributed by atoms with Crippen molar-refractivity contribution in [1.82, 2.24) is 20.2 Å². The van der Waals surface area contributed by atoms with Gasteiger partial charge in [0.2, 0.25) is 0 Å². The van der Waals surface area contributed by atoms with Gasteiger partial charge in [0.05, 0.1) is 10.6 Å². The fraction of sp³-hybridized carbons (Fsp3) is 0.190. The van der Waals surface area contributed by atoms with Crippen molar-refractivity contribution in [3.8, 4) is 33.0 Å². The first-order chi connectivity index (χ1) is 13.3. The van der Waals surface area contributed by atoms with Gasteiger partial charge in [0.15, 0.2) is 0 Å². The minimum Gasteiger partial charge on any atom is -0.383 e. The summed E-state index contributed by atoms with van der Waals surface area (Å²) in [5.41, 5.74) is 3.40. The van der Waals surface area contributed by atoms with Gasteiger partial charge in [-0.05, 0) is 50.6 Å². The van der Waals surface area contributed by atoms with Crippen LogP contribution >= 0.6 is 11.3 Å². The van der Waals surface area contributed by atoms with E-state index < -0.39 is 5.60 Å². The molecule has 0 aliphatic heterocycles. The zero-order chi connectivity index (χ0) is 19.9. The van der Waals surface area contributed by atoms with E-state index in [4.69, 9.17) is 0 Å². The summed E-state index contributed by atoms with van der Waals surface area (Å²) in [5.74, 6) is -0.339. The number of aromatic nitrogens is 4. The molecule has 3 aromatic heterocycles. The highest BCUT2D eigenvalue weighted by Crippen LogP contribution is 2.37. The fourth-order valence-electron chi connectivity index (χ4n) is 2.94. The summed E-state index contributed by atoms with van der Waals surface area (Å²) in [4.78, 5) is 9.45. The van der Waals surface area contributed by atoms with E-state index in [9.17, 15) is 9.50 Å². The molecule has 0 saturated heterocycles. The smallest absolute Gasteiger partial charge is 0.131 e. The number of thiazole rings is 1. The molecular weight excluding hydrogens is 375 g/mol. The predicted octanol–water partition coefficient (Wildman–Crippen LogP) is 4.94. The molecule has 4 aromatic rings. The number of aliphatic hydroxyl groups is 1. The molecule has 0 spiro atoms. The summed E-state index contributed by atoms with van der Waals surface area (Å²) in [6.07, 6.45) is 3.38. The number of H-pyrrole nitrogens is 1. The van der Waals surface area contributed by atoms with Crippen molar-refractivity contribution >= 4 is 11.3 Å². The molecule has 0 radical (unpaired) electrons. The molecule has 28 heavy (non-hydrogen) atoms. The van der Waals surface area contributed by atoms with Crippen LogP contribution in [-0.4, -0.2) is 25.3 Å². The lowest BCUT2D eigenvalue weighted by molar-refractivity contribution is 0.0783. The van der Waals surface area contributed by atoms with E-state index >= 15 is 0 Å². The summed E-state index contributed by atoms with van der Waals surface area (Å²) in [7, 11) is 0. The van der Waals surface area contributed by atoms with E-state index in [-0.39, 0.29) is 5.82 Å². The van der Waals surface area contributed by atoms with Crippen LogP contribution in [0, 0.1) is 12.7 Å². The Morgan fingerprint density at radius 1 is 1.14 bits per heavy atom. The Morgan fingerprint density at radius 3 is 2.68 bits per heavy atom. The highest BCUT2D eigenvalue weighted by Gasteiger charge is 2.22. The van der Waals surface area contributed by atoms with Gasteiger partial charge in [0.1, 0.15) is 22.1 Å². The molecule has 0 bridgehead atoms. The Labute approximate surface area is 165 Å². The van der Waals surface area contributed by atoms with Crippen LogP contribution in [0.5, 0.6) is 0 Å². The maximum atomic E-state index is 14.6. The summed E-state index contributed by atoms with van der Waals surface area (Å²) >= 11 is 1.28. The maximum absolute atomic E-state index is 14.6. The van der Waals surface area contributed by atoms with E-state index in [1.165, 1.54) is 17.4 Å². The van der Waals surface area contributed by atoms with Crippen LogP contribution < -0.4 is 0 Å². The monoisotopic (exact) mass is 394 g/mol. The molecule has 4 rings (SSSR count). The van der Waals surface area contributed by atoms with Crippen LogP contribution in [0.25, 0.3) is 33.0 Å². The van der Waals surface area contributed by atoms with Crippen LogP contribution in [0.1, 0.15) is 24.5 Å². The van der Waals surface area contributed by atoms with Gasteiger partial charge in [-0.25, -0.2) is 9.37 Å². The van der Waals surface area contributed by atoms with Crippen molar-refractivity contribution in [2.75, 3.05) is 0 Å². The van der Waals surface area contributed by atoms with E-state index in [1.807, 2.05) is 25.1 Å². The first kappa shape index (κ1) is 18.5. The fourth-order valence-corrected chi connectivity index (χ4v) is 3.88. The van der Waals surface area contributed by atoms with E-state index in [2.05, 4.69) is 20.2 Å². The molecule has 0 unspecified atom stereocenters. The van der Waals surface area contributed by atoms with Gasteiger partial charge in [-0.1, -0.05) is 12.1 Å². The van der Waals surface area contributed by atoms with Crippen LogP contribution in [0.4, 0.5) is 4.39 Å². The largest absolute Gasteiger partial charge is 0.383 e. The van der Waals surface area contributed by atoms with Crippen LogP contribution in [-0.2, 0) is 5.60 Å². The van der Waals surface area contributed by atoms with Gasteiger partial charge in [0.25, 0.3) is 0 Å². The molecule has 0 saturated carbocycles. The topological polar surface area (TPSA) is 74.7 Å². The van der Waals surface area contributed by atoms with Crippen molar-refractivity contribution in [3.05, 3.63) is 65.3 Å². The predicted molar refractivity (Wildman–Crippen MR) is 108 cm³/mol. The molecule has 5 nitrogen and oxygen atoms in total. The number of halogens is 1. The third-order valence-corrected chi connectivity index (χ3v) is 5.69. The zero-order valence-electron chi connectivity index (χ0n) is 15.7. The number of hydrogen-bond acceptors (Lipinski definition) is 5. The maximum Gasteiger partial charge on any atom is 0.131 e. The third-order valence-electron chi connectivity index (χ3n) is 4.34. The number of hydrogen-bond donors (Lipinski definition) is 2. The van der Waals surface area contributed by atoms with Crippen molar-refractivity contribution < 1.29 is 9.50 Å².